The predicted octanol–water partition coefficient (Wildman–Crippen LogP) is 5.26. The number of halogens is 3. The summed E-state index contributed by atoms with van der Waals surface area (Å²) >= 11 is 12.4. The van der Waals surface area contributed by atoms with Gasteiger partial charge in [0, 0.05) is 19.5 Å². The number of hydrogen-bond donors (Lipinski definition) is 0. The van der Waals surface area contributed by atoms with E-state index in [2.05, 4.69) is 4.98 Å². The topological polar surface area (TPSA) is 38.1 Å². The number of nitrogens with zero attached hydrogens (tertiary/aromatic N) is 3. The maximum absolute atomic E-state index is 14.2. The van der Waals surface area contributed by atoms with Gasteiger partial charge in [0.2, 0.25) is 5.91 Å². The fourth-order valence-corrected chi connectivity index (χ4v) is 4.14. The van der Waals surface area contributed by atoms with E-state index in [4.69, 9.17) is 23.2 Å². The highest BCUT2D eigenvalue weighted by molar-refractivity contribution is 6.42. The Kier molecular flexibility index (Phi) is 5.30. The summed E-state index contributed by atoms with van der Waals surface area (Å²) in [5, 5.41) is 0.795. The number of rotatable bonds is 4. The number of carbonyl (C=O) groups excluding carboxylic acids is 1. The van der Waals surface area contributed by atoms with E-state index >= 15 is 0 Å². The molecule has 0 spiro atoms. The minimum Gasteiger partial charge on any atom is -0.341 e. The number of aromatic nitrogens is 2. The van der Waals surface area contributed by atoms with Gasteiger partial charge < -0.3 is 9.47 Å². The normalized spacial score (nSPS) is 15.4. The first-order chi connectivity index (χ1) is 13.5. The lowest BCUT2D eigenvalue weighted by Crippen LogP contribution is -2.34. The SMILES string of the molecule is C[C@@H](C(=O)N1CCCC1)n1c(Cc2ccccc2F)nc2cc(Cl)c(Cl)cc21. The van der Waals surface area contributed by atoms with Gasteiger partial charge >= 0.3 is 0 Å². The zero-order chi connectivity index (χ0) is 19.8. The smallest absolute Gasteiger partial charge is 0.245 e. The summed E-state index contributed by atoms with van der Waals surface area (Å²) in [6.45, 7) is 3.39. The summed E-state index contributed by atoms with van der Waals surface area (Å²) in [5.41, 5.74) is 1.89. The number of fused-ring (bicyclic) bond motifs is 1. The molecule has 146 valence electrons. The zero-order valence-electron chi connectivity index (χ0n) is 15.5. The lowest BCUT2D eigenvalue weighted by Gasteiger charge is -2.23. The molecule has 3 aromatic rings. The van der Waals surface area contributed by atoms with Crippen molar-refractivity contribution in [1.82, 2.24) is 14.5 Å². The van der Waals surface area contributed by atoms with Gasteiger partial charge in [-0.2, -0.15) is 0 Å². The molecule has 1 aliphatic rings. The highest BCUT2D eigenvalue weighted by Crippen LogP contribution is 2.32. The summed E-state index contributed by atoms with van der Waals surface area (Å²) in [7, 11) is 0. The van der Waals surface area contributed by atoms with Crippen LogP contribution in [0.15, 0.2) is 36.4 Å². The van der Waals surface area contributed by atoms with Crippen molar-refractivity contribution in [3.63, 3.8) is 0 Å². The molecule has 0 aliphatic carbocycles. The molecular formula is C21H20Cl2FN3O. The number of hydrogen-bond acceptors (Lipinski definition) is 2. The van der Waals surface area contributed by atoms with E-state index in [1.807, 2.05) is 16.4 Å². The van der Waals surface area contributed by atoms with Crippen molar-refractivity contribution < 1.29 is 9.18 Å². The van der Waals surface area contributed by atoms with E-state index in [1.165, 1.54) is 6.07 Å². The molecular weight excluding hydrogens is 400 g/mol. The molecule has 7 heteroatoms. The number of benzene rings is 2. The Balaban J connectivity index is 1.82. The Morgan fingerprint density at radius 1 is 1.18 bits per heavy atom. The minimum absolute atomic E-state index is 0.0395. The van der Waals surface area contributed by atoms with Crippen molar-refractivity contribution in [3.05, 3.63) is 63.6 Å². The molecule has 1 atom stereocenters. The van der Waals surface area contributed by atoms with E-state index in [9.17, 15) is 9.18 Å². The third kappa shape index (κ3) is 3.49. The van der Waals surface area contributed by atoms with E-state index < -0.39 is 6.04 Å². The van der Waals surface area contributed by atoms with Crippen LogP contribution in [-0.2, 0) is 11.2 Å². The Morgan fingerprint density at radius 2 is 1.86 bits per heavy atom. The van der Waals surface area contributed by atoms with Crippen LogP contribution in [0, 0.1) is 5.82 Å². The second-order valence-electron chi connectivity index (χ2n) is 7.13. The van der Waals surface area contributed by atoms with Gasteiger partial charge in [-0.05, 0) is 43.5 Å². The number of amides is 1. The van der Waals surface area contributed by atoms with Gasteiger partial charge in [0.1, 0.15) is 17.7 Å². The van der Waals surface area contributed by atoms with Crippen LogP contribution in [-0.4, -0.2) is 33.4 Å². The van der Waals surface area contributed by atoms with E-state index in [0.717, 1.165) is 31.4 Å². The third-order valence-corrected chi connectivity index (χ3v) is 6.00. The molecule has 0 unspecified atom stereocenters. The monoisotopic (exact) mass is 419 g/mol. The molecule has 1 fully saturated rings. The Hall–Kier alpha value is -2.11. The average Bonchev–Trinajstić information content (AvgIpc) is 3.31. The van der Waals surface area contributed by atoms with Gasteiger partial charge in [0.25, 0.3) is 0 Å². The van der Waals surface area contributed by atoms with Gasteiger partial charge in [-0.25, -0.2) is 9.37 Å². The number of imidazole rings is 1. The maximum Gasteiger partial charge on any atom is 0.245 e. The lowest BCUT2D eigenvalue weighted by atomic mass is 10.1. The van der Waals surface area contributed by atoms with Gasteiger partial charge in [0.15, 0.2) is 0 Å². The van der Waals surface area contributed by atoms with Crippen LogP contribution in [0.4, 0.5) is 4.39 Å². The zero-order valence-corrected chi connectivity index (χ0v) is 17.0. The second-order valence-corrected chi connectivity index (χ2v) is 7.94. The summed E-state index contributed by atoms with van der Waals surface area (Å²) < 4.78 is 16.1. The van der Waals surface area contributed by atoms with Gasteiger partial charge in [-0.3, -0.25) is 4.79 Å². The van der Waals surface area contributed by atoms with Crippen molar-refractivity contribution in [2.24, 2.45) is 0 Å². The molecule has 0 N–H and O–H groups in total. The Bertz CT molecular complexity index is 1040. The summed E-state index contributed by atoms with van der Waals surface area (Å²) in [5.74, 6) is 0.354. The van der Waals surface area contributed by atoms with Crippen LogP contribution in [0.1, 0.15) is 37.2 Å². The van der Waals surface area contributed by atoms with Crippen LogP contribution < -0.4 is 0 Å². The van der Waals surface area contributed by atoms with Crippen LogP contribution in [0.2, 0.25) is 10.0 Å². The van der Waals surface area contributed by atoms with Crippen molar-refractivity contribution in [1.29, 1.82) is 0 Å². The summed E-state index contributed by atoms with van der Waals surface area (Å²) in [4.78, 5) is 19.6. The maximum atomic E-state index is 14.2. The van der Waals surface area contributed by atoms with E-state index in [-0.39, 0.29) is 18.1 Å². The lowest BCUT2D eigenvalue weighted by molar-refractivity contribution is -0.133. The molecule has 0 saturated carbocycles. The molecule has 2 aromatic carbocycles. The van der Waals surface area contributed by atoms with Crippen molar-refractivity contribution in [2.45, 2.75) is 32.2 Å². The first-order valence-corrected chi connectivity index (χ1v) is 10.1. The van der Waals surface area contributed by atoms with Crippen LogP contribution >= 0.6 is 23.2 Å². The summed E-state index contributed by atoms with van der Waals surface area (Å²) in [6.07, 6.45) is 2.31. The van der Waals surface area contributed by atoms with Gasteiger partial charge in [-0.1, -0.05) is 41.4 Å². The molecule has 28 heavy (non-hydrogen) atoms. The van der Waals surface area contributed by atoms with Crippen LogP contribution in [0.5, 0.6) is 0 Å². The van der Waals surface area contributed by atoms with Gasteiger partial charge in [0.05, 0.1) is 21.1 Å². The van der Waals surface area contributed by atoms with Crippen LogP contribution in [0.25, 0.3) is 11.0 Å². The molecule has 1 aromatic heterocycles. The molecule has 4 nitrogen and oxygen atoms in total. The fourth-order valence-electron chi connectivity index (χ4n) is 3.82. The predicted molar refractivity (Wildman–Crippen MR) is 109 cm³/mol. The highest BCUT2D eigenvalue weighted by Gasteiger charge is 2.28. The highest BCUT2D eigenvalue weighted by atomic mass is 35.5. The quantitative estimate of drug-likeness (QED) is 0.578. The second kappa shape index (κ2) is 7.72. The molecule has 0 bridgehead atoms. The van der Waals surface area contributed by atoms with Gasteiger partial charge in [-0.15, -0.1) is 0 Å². The molecule has 2 heterocycles. The first-order valence-electron chi connectivity index (χ1n) is 9.33. The first kappa shape index (κ1) is 19.2. The van der Waals surface area contributed by atoms with Crippen molar-refractivity contribution in [3.8, 4) is 0 Å². The number of likely N-dealkylation sites (tertiary alicyclic amines) is 1. The molecule has 4 rings (SSSR count). The molecule has 1 saturated heterocycles. The molecule has 0 radical (unpaired) electrons. The fraction of sp³-hybridized carbons (Fsp3) is 0.333. The van der Waals surface area contributed by atoms with E-state index in [0.29, 0.717) is 26.9 Å². The number of carbonyl (C=O) groups is 1. The molecule has 1 amide bonds. The summed E-state index contributed by atoms with van der Waals surface area (Å²) in [6, 6.07) is 9.54. The van der Waals surface area contributed by atoms with Crippen molar-refractivity contribution in [2.75, 3.05) is 13.1 Å². The molecule has 1 aliphatic heterocycles. The van der Waals surface area contributed by atoms with Crippen molar-refractivity contribution >= 4 is 40.1 Å². The average molecular weight is 420 g/mol. The largest absolute Gasteiger partial charge is 0.341 e. The Labute approximate surface area is 172 Å². The minimum atomic E-state index is -0.470. The van der Waals surface area contributed by atoms with E-state index in [1.54, 1.807) is 30.3 Å². The van der Waals surface area contributed by atoms with Crippen LogP contribution in [0.3, 0.4) is 0 Å². The third-order valence-electron chi connectivity index (χ3n) is 5.27. The standard InChI is InChI=1S/C21H20Cl2FN3O/c1-13(21(28)26-8-4-5-9-26)27-19-12-16(23)15(22)11-18(19)25-20(27)10-14-6-2-3-7-17(14)24/h2-3,6-7,11-13H,4-5,8-10H2,1H3/t13-/m0/s1. The Morgan fingerprint density at radius 3 is 2.57 bits per heavy atom.